The lowest BCUT2D eigenvalue weighted by Crippen LogP contribution is -2.36. The van der Waals surface area contributed by atoms with Crippen LogP contribution in [0.1, 0.15) is 13.3 Å². The number of aromatic nitrogens is 1. The van der Waals surface area contributed by atoms with Gasteiger partial charge in [-0.2, -0.15) is 0 Å². The molecule has 0 spiro atoms. The summed E-state index contributed by atoms with van der Waals surface area (Å²) in [5.41, 5.74) is 5.51. The van der Waals surface area contributed by atoms with Crippen molar-refractivity contribution in [2.75, 3.05) is 22.6 Å². The van der Waals surface area contributed by atoms with Gasteiger partial charge >= 0.3 is 0 Å². The second-order valence-electron chi connectivity index (χ2n) is 4.63. The molecule has 1 aromatic rings. The molecular weight excluding hydrogens is 262 g/mol. The monoisotopic (exact) mass is 275 g/mol. The van der Waals surface area contributed by atoms with Gasteiger partial charge in [-0.25, -0.2) is 13.4 Å². The first-order valence-electron chi connectivity index (χ1n) is 5.19. The third-order valence-corrected chi connectivity index (χ3v) is 4.98. The SMILES string of the molecule is CC1(Nc2ncc(N)cc2Cl)CCS(=O)(=O)C1. The van der Waals surface area contributed by atoms with Crippen LogP contribution in [0.25, 0.3) is 0 Å². The minimum absolute atomic E-state index is 0.0996. The number of hydrogen-bond acceptors (Lipinski definition) is 5. The van der Waals surface area contributed by atoms with E-state index < -0.39 is 15.4 Å². The molecule has 2 heterocycles. The smallest absolute Gasteiger partial charge is 0.152 e. The molecule has 0 aromatic carbocycles. The molecule has 94 valence electrons. The van der Waals surface area contributed by atoms with Crippen molar-refractivity contribution in [1.29, 1.82) is 0 Å². The van der Waals surface area contributed by atoms with Gasteiger partial charge in [-0.05, 0) is 19.4 Å². The van der Waals surface area contributed by atoms with E-state index in [4.69, 9.17) is 17.3 Å². The summed E-state index contributed by atoms with van der Waals surface area (Å²) >= 11 is 5.99. The molecule has 2 rings (SSSR count). The van der Waals surface area contributed by atoms with E-state index in [1.165, 1.54) is 6.20 Å². The van der Waals surface area contributed by atoms with Gasteiger partial charge in [0.15, 0.2) is 9.84 Å². The van der Waals surface area contributed by atoms with Gasteiger partial charge in [0.25, 0.3) is 0 Å². The van der Waals surface area contributed by atoms with Gasteiger partial charge in [0.1, 0.15) is 5.82 Å². The van der Waals surface area contributed by atoms with Crippen LogP contribution in [0.2, 0.25) is 5.02 Å². The average Bonchev–Trinajstić information content (AvgIpc) is 2.46. The summed E-state index contributed by atoms with van der Waals surface area (Å²) < 4.78 is 22.9. The Morgan fingerprint density at radius 2 is 2.29 bits per heavy atom. The number of nitrogens with zero attached hydrogens (tertiary/aromatic N) is 1. The molecule has 0 aliphatic carbocycles. The van der Waals surface area contributed by atoms with Crippen LogP contribution in [0.5, 0.6) is 0 Å². The molecule has 1 aromatic heterocycles. The molecule has 1 fully saturated rings. The van der Waals surface area contributed by atoms with Gasteiger partial charge in [0.2, 0.25) is 0 Å². The minimum Gasteiger partial charge on any atom is -0.397 e. The molecule has 1 aliphatic rings. The zero-order valence-corrected chi connectivity index (χ0v) is 11.0. The van der Waals surface area contributed by atoms with E-state index in [2.05, 4.69) is 10.3 Å². The number of rotatable bonds is 2. The van der Waals surface area contributed by atoms with E-state index in [0.29, 0.717) is 22.9 Å². The van der Waals surface area contributed by atoms with Gasteiger partial charge < -0.3 is 11.1 Å². The highest BCUT2D eigenvalue weighted by molar-refractivity contribution is 7.91. The first kappa shape index (κ1) is 12.4. The number of nitrogens with one attached hydrogen (secondary N) is 1. The number of pyridine rings is 1. The number of nitrogens with two attached hydrogens (primary N) is 1. The third-order valence-electron chi connectivity index (χ3n) is 2.79. The second kappa shape index (κ2) is 4.03. The topological polar surface area (TPSA) is 85.1 Å². The summed E-state index contributed by atoms with van der Waals surface area (Å²) in [4.78, 5) is 4.07. The van der Waals surface area contributed by atoms with Crippen LogP contribution < -0.4 is 11.1 Å². The summed E-state index contributed by atoms with van der Waals surface area (Å²) in [6.45, 7) is 1.85. The fraction of sp³-hybridized carbons (Fsp3) is 0.500. The predicted octanol–water partition coefficient (Wildman–Crippen LogP) is 1.31. The van der Waals surface area contributed by atoms with Gasteiger partial charge in [-0.15, -0.1) is 0 Å². The van der Waals surface area contributed by atoms with E-state index in [0.717, 1.165) is 0 Å². The molecule has 7 heteroatoms. The Morgan fingerprint density at radius 1 is 1.59 bits per heavy atom. The van der Waals surface area contributed by atoms with Crippen molar-refractivity contribution in [2.24, 2.45) is 0 Å². The maximum Gasteiger partial charge on any atom is 0.152 e. The predicted molar refractivity (Wildman–Crippen MR) is 69.0 cm³/mol. The first-order valence-corrected chi connectivity index (χ1v) is 7.39. The number of nitrogen functional groups attached to an aromatic ring is 1. The Labute approximate surface area is 105 Å². The molecule has 1 aliphatic heterocycles. The summed E-state index contributed by atoms with van der Waals surface area (Å²) in [5, 5.41) is 3.49. The highest BCUT2D eigenvalue weighted by atomic mass is 35.5. The molecule has 1 saturated heterocycles. The summed E-state index contributed by atoms with van der Waals surface area (Å²) in [7, 11) is -2.95. The van der Waals surface area contributed by atoms with E-state index in [9.17, 15) is 8.42 Å². The van der Waals surface area contributed by atoms with Crippen molar-refractivity contribution in [3.63, 3.8) is 0 Å². The zero-order valence-electron chi connectivity index (χ0n) is 9.40. The molecular formula is C10H14ClN3O2S. The molecule has 17 heavy (non-hydrogen) atoms. The zero-order chi connectivity index (χ0) is 12.7. The lowest BCUT2D eigenvalue weighted by Gasteiger charge is -2.25. The standard InChI is InChI=1S/C10H14ClN3O2S/c1-10(2-3-17(15,16)6-10)14-9-8(11)4-7(12)5-13-9/h4-5H,2-3,6,12H2,1H3,(H,13,14). The Bertz CT molecular complexity index is 546. The highest BCUT2D eigenvalue weighted by Crippen LogP contribution is 2.30. The quantitative estimate of drug-likeness (QED) is 0.850. The van der Waals surface area contributed by atoms with Crippen molar-refractivity contribution >= 4 is 32.9 Å². The first-order chi connectivity index (χ1) is 7.80. The molecule has 1 unspecified atom stereocenters. The number of hydrogen-bond donors (Lipinski definition) is 2. The van der Waals surface area contributed by atoms with Crippen molar-refractivity contribution in [1.82, 2.24) is 4.98 Å². The van der Waals surface area contributed by atoms with Gasteiger partial charge in [0, 0.05) is 0 Å². The number of anilines is 2. The van der Waals surface area contributed by atoms with Crippen molar-refractivity contribution in [3.8, 4) is 0 Å². The van der Waals surface area contributed by atoms with Gasteiger partial charge in [-0.1, -0.05) is 11.6 Å². The number of sulfone groups is 1. The third kappa shape index (κ3) is 2.81. The molecule has 1 atom stereocenters. The van der Waals surface area contributed by atoms with E-state index in [1.807, 2.05) is 6.92 Å². The summed E-state index contributed by atoms with van der Waals surface area (Å²) in [5.74, 6) is 0.770. The largest absolute Gasteiger partial charge is 0.397 e. The van der Waals surface area contributed by atoms with Crippen molar-refractivity contribution in [2.45, 2.75) is 18.9 Å². The van der Waals surface area contributed by atoms with Crippen molar-refractivity contribution in [3.05, 3.63) is 17.3 Å². The van der Waals surface area contributed by atoms with Gasteiger partial charge in [-0.3, -0.25) is 0 Å². The van der Waals surface area contributed by atoms with E-state index >= 15 is 0 Å². The maximum atomic E-state index is 11.5. The molecule has 3 N–H and O–H groups in total. The fourth-order valence-electron chi connectivity index (χ4n) is 1.94. The lowest BCUT2D eigenvalue weighted by molar-refractivity contribution is 0.572. The highest BCUT2D eigenvalue weighted by Gasteiger charge is 2.38. The van der Waals surface area contributed by atoms with Gasteiger partial charge in [0.05, 0.1) is 34.0 Å². The van der Waals surface area contributed by atoms with E-state index in [1.54, 1.807) is 6.07 Å². The fourth-order valence-corrected chi connectivity index (χ4v) is 4.25. The van der Waals surface area contributed by atoms with Crippen LogP contribution in [0.4, 0.5) is 11.5 Å². The van der Waals surface area contributed by atoms with Crippen LogP contribution in [0, 0.1) is 0 Å². The van der Waals surface area contributed by atoms with Crippen LogP contribution in [0.15, 0.2) is 12.3 Å². The molecule has 0 amide bonds. The lowest BCUT2D eigenvalue weighted by atomic mass is 10.0. The Morgan fingerprint density at radius 3 is 2.82 bits per heavy atom. The maximum absolute atomic E-state index is 11.5. The Hall–Kier alpha value is -1.01. The molecule has 0 radical (unpaired) electrons. The molecule has 0 saturated carbocycles. The number of halogens is 1. The molecule has 5 nitrogen and oxygen atoms in total. The normalized spacial score (nSPS) is 26.9. The second-order valence-corrected chi connectivity index (χ2v) is 7.22. The average molecular weight is 276 g/mol. The minimum atomic E-state index is -2.95. The van der Waals surface area contributed by atoms with Crippen LogP contribution in [-0.4, -0.2) is 30.4 Å². The summed E-state index contributed by atoms with van der Waals surface area (Å²) in [6.07, 6.45) is 2.04. The van der Waals surface area contributed by atoms with Crippen LogP contribution in [0.3, 0.4) is 0 Å². The summed E-state index contributed by atoms with van der Waals surface area (Å²) in [6, 6.07) is 1.59. The van der Waals surface area contributed by atoms with E-state index in [-0.39, 0.29) is 11.5 Å². The van der Waals surface area contributed by atoms with Crippen molar-refractivity contribution < 1.29 is 8.42 Å². The van der Waals surface area contributed by atoms with Crippen LogP contribution >= 0.6 is 11.6 Å². The Kier molecular flexibility index (Phi) is 2.95. The van der Waals surface area contributed by atoms with Crippen LogP contribution in [-0.2, 0) is 9.84 Å². The molecule has 0 bridgehead atoms. The Balaban J connectivity index is 2.22.